The Morgan fingerprint density at radius 1 is 0.944 bits per heavy atom. The number of hydrogen-bond donors (Lipinski definition) is 6. The number of rotatable bonds is 17. The third kappa shape index (κ3) is 11.3. The average molecular weight is 749 g/mol. The first-order valence-corrected chi connectivity index (χ1v) is 18.5. The Balaban J connectivity index is 1.40. The van der Waals surface area contributed by atoms with E-state index in [1.165, 1.54) is 12.0 Å². The standard InChI is InChI=1S/C39H52N6O9/c1-4-11-29(35(49)38(52)41-21-32(48)44-33(36(40)50)26-16-23(2)17-28(19-26)54-3)42-37(51)30-20-27(46)22-45(30)39(53)34(25-14-9-6-10-15-25)43-31(47)18-24-12-7-5-8-13-24/h5,7-8,12-13,16-17,19,25,27,29-30,33-34,46H,4,6,9-11,14-15,18,20-22H2,1-3H3,(H2,40,50)(H,41,52)(H,42,51)(H,43,47)(H,44,48). The summed E-state index contributed by atoms with van der Waals surface area (Å²) >= 11 is 0. The van der Waals surface area contributed by atoms with E-state index in [4.69, 9.17) is 10.5 Å². The van der Waals surface area contributed by atoms with Crippen molar-refractivity contribution in [2.45, 2.75) is 102 Å². The molecule has 15 heteroatoms. The minimum absolute atomic E-state index is 0.0715. The van der Waals surface area contributed by atoms with Crippen molar-refractivity contribution in [1.29, 1.82) is 0 Å². The number of carbonyl (C=O) groups excluding carboxylic acids is 7. The van der Waals surface area contributed by atoms with Gasteiger partial charge in [0, 0.05) is 13.0 Å². The van der Waals surface area contributed by atoms with E-state index in [1.807, 2.05) is 30.3 Å². The van der Waals surface area contributed by atoms with Gasteiger partial charge in [0.15, 0.2) is 0 Å². The molecule has 1 heterocycles. The molecule has 1 aliphatic heterocycles. The molecule has 54 heavy (non-hydrogen) atoms. The van der Waals surface area contributed by atoms with E-state index in [9.17, 15) is 38.7 Å². The summed E-state index contributed by atoms with van der Waals surface area (Å²) in [5, 5.41) is 20.9. The normalized spacial score (nSPS) is 18.8. The summed E-state index contributed by atoms with van der Waals surface area (Å²) in [5.74, 6) is -5.06. The molecular weight excluding hydrogens is 696 g/mol. The molecule has 6 amide bonds. The maximum absolute atomic E-state index is 14.2. The topological polar surface area (TPSA) is 226 Å². The van der Waals surface area contributed by atoms with Crippen LogP contribution in [0.1, 0.15) is 81.0 Å². The summed E-state index contributed by atoms with van der Waals surface area (Å²) in [4.78, 5) is 93.6. The van der Waals surface area contributed by atoms with Crippen LogP contribution in [0, 0.1) is 12.8 Å². The number of ketones is 1. The molecule has 4 rings (SSSR count). The van der Waals surface area contributed by atoms with Crippen LogP contribution in [0.15, 0.2) is 48.5 Å². The molecule has 5 atom stereocenters. The molecule has 1 saturated carbocycles. The molecule has 0 spiro atoms. The maximum atomic E-state index is 14.2. The van der Waals surface area contributed by atoms with Crippen LogP contribution in [-0.4, -0.2) is 95.7 Å². The molecule has 0 bridgehead atoms. The van der Waals surface area contributed by atoms with Gasteiger partial charge >= 0.3 is 0 Å². The van der Waals surface area contributed by atoms with Gasteiger partial charge in [-0.3, -0.25) is 33.6 Å². The molecule has 2 aliphatic rings. The molecule has 2 aromatic rings. The lowest BCUT2D eigenvalue weighted by Crippen LogP contribution is -2.58. The fourth-order valence-corrected chi connectivity index (χ4v) is 7.16. The number of primary amides is 1. The highest BCUT2D eigenvalue weighted by molar-refractivity contribution is 6.38. The van der Waals surface area contributed by atoms with Gasteiger partial charge in [-0.15, -0.1) is 0 Å². The first-order valence-electron chi connectivity index (χ1n) is 18.5. The van der Waals surface area contributed by atoms with Crippen LogP contribution >= 0.6 is 0 Å². The number of Topliss-reactive ketones (excluding diaryl/α,β-unsaturated/α-hetero) is 1. The van der Waals surface area contributed by atoms with Crippen molar-refractivity contribution in [2.24, 2.45) is 11.7 Å². The second-order valence-electron chi connectivity index (χ2n) is 14.1. The van der Waals surface area contributed by atoms with Gasteiger partial charge in [-0.25, -0.2) is 0 Å². The molecule has 1 saturated heterocycles. The smallest absolute Gasteiger partial charge is 0.290 e. The zero-order valence-corrected chi connectivity index (χ0v) is 31.1. The van der Waals surface area contributed by atoms with E-state index >= 15 is 0 Å². The number of β-amino-alcohol motifs (C(OH)–C–C–N with tert-alkyl or cyclic N) is 1. The van der Waals surface area contributed by atoms with Crippen molar-refractivity contribution in [2.75, 3.05) is 20.2 Å². The molecule has 15 nitrogen and oxygen atoms in total. The lowest BCUT2D eigenvalue weighted by molar-refractivity contribution is -0.144. The molecule has 2 fully saturated rings. The number of nitrogens with one attached hydrogen (secondary N) is 4. The van der Waals surface area contributed by atoms with E-state index < -0.39 is 72.1 Å². The van der Waals surface area contributed by atoms with Crippen molar-refractivity contribution >= 4 is 41.2 Å². The van der Waals surface area contributed by atoms with Crippen LogP contribution in [-0.2, 0) is 40.0 Å². The third-order valence-corrected chi connectivity index (χ3v) is 9.85. The third-order valence-electron chi connectivity index (χ3n) is 9.85. The predicted molar refractivity (Wildman–Crippen MR) is 197 cm³/mol. The quantitative estimate of drug-likeness (QED) is 0.126. The van der Waals surface area contributed by atoms with Crippen LogP contribution in [0.5, 0.6) is 5.75 Å². The first kappa shape index (κ1) is 41.4. The molecule has 7 N–H and O–H groups in total. The first-order chi connectivity index (χ1) is 25.8. The maximum Gasteiger partial charge on any atom is 0.290 e. The van der Waals surface area contributed by atoms with Gasteiger partial charge < -0.3 is 41.7 Å². The molecule has 1 aliphatic carbocycles. The molecular formula is C39H52N6O9. The Bertz CT molecular complexity index is 1680. The highest BCUT2D eigenvalue weighted by Crippen LogP contribution is 2.30. The number of benzene rings is 2. The van der Waals surface area contributed by atoms with Gasteiger partial charge in [0.1, 0.15) is 23.9 Å². The molecule has 0 radical (unpaired) electrons. The van der Waals surface area contributed by atoms with E-state index in [2.05, 4.69) is 21.3 Å². The second kappa shape index (κ2) is 19.7. The molecule has 292 valence electrons. The minimum Gasteiger partial charge on any atom is -0.497 e. The Kier molecular flexibility index (Phi) is 15.1. The van der Waals surface area contributed by atoms with Gasteiger partial charge in [0.2, 0.25) is 35.3 Å². The lowest BCUT2D eigenvalue weighted by Gasteiger charge is -2.34. The van der Waals surface area contributed by atoms with Crippen molar-refractivity contribution in [3.8, 4) is 5.75 Å². The van der Waals surface area contributed by atoms with Crippen LogP contribution in [0.4, 0.5) is 0 Å². The number of amides is 6. The Hall–Kier alpha value is -5.31. The second-order valence-corrected chi connectivity index (χ2v) is 14.1. The number of aryl methyl sites for hydroxylation is 1. The van der Waals surface area contributed by atoms with Gasteiger partial charge in [0.05, 0.1) is 32.2 Å². The molecule has 5 unspecified atom stereocenters. The number of carbonyl (C=O) groups is 7. The lowest BCUT2D eigenvalue weighted by atomic mass is 9.83. The fraction of sp³-hybridized carbons (Fsp3) is 0.513. The monoisotopic (exact) mass is 748 g/mol. The number of aliphatic hydroxyl groups excluding tert-OH is 1. The highest BCUT2D eigenvalue weighted by atomic mass is 16.5. The summed E-state index contributed by atoms with van der Waals surface area (Å²) in [6.07, 6.45) is 3.68. The van der Waals surface area contributed by atoms with Gasteiger partial charge in [-0.05, 0) is 60.9 Å². The summed E-state index contributed by atoms with van der Waals surface area (Å²) in [7, 11) is 1.45. The summed E-state index contributed by atoms with van der Waals surface area (Å²) < 4.78 is 5.23. The largest absolute Gasteiger partial charge is 0.497 e. The van der Waals surface area contributed by atoms with Gasteiger partial charge in [-0.2, -0.15) is 0 Å². The van der Waals surface area contributed by atoms with Crippen molar-refractivity contribution in [3.63, 3.8) is 0 Å². The van der Waals surface area contributed by atoms with Crippen molar-refractivity contribution < 1.29 is 43.4 Å². The van der Waals surface area contributed by atoms with Crippen molar-refractivity contribution in [1.82, 2.24) is 26.2 Å². The number of nitrogens with two attached hydrogens (primary N) is 1. The zero-order valence-electron chi connectivity index (χ0n) is 31.1. The summed E-state index contributed by atoms with van der Waals surface area (Å²) in [5.41, 5.74) is 7.44. The van der Waals surface area contributed by atoms with Crippen LogP contribution in [0.3, 0.4) is 0 Å². The van der Waals surface area contributed by atoms with E-state index in [0.717, 1.165) is 43.2 Å². The summed E-state index contributed by atoms with van der Waals surface area (Å²) in [6, 6.07) is 9.45. The van der Waals surface area contributed by atoms with Gasteiger partial charge in [0.25, 0.3) is 5.91 Å². The van der Waals surface area contributed by atoms with E-state index in [0.29, 0.717) is 17.7 Å². The van der Waals surface area contributed by atoms with Crippen molar-refractivity contribution in [3.05, 3.63) is 65.2 Å². The number of aliphatic hydroxyl groups is 1. The SMILES string of the molecule is CCCC(NC(=O)C1CC(O)CN1C(=O)C(NC(=O)Cc1ccccc1)C1CCCCC1)C(=O)C(=O)NCC(=O)NC(C(N)=O)c1cc(C)cc(OC)c1. The Morgan fingerprint density at radius 3 is 2.30 bits per heavy atom. The van der Waals surface area contributed by atoms with Gasteiger partial charge in [-0.1, -0.05) is 69.0 Å². The number of hydrogen-bond acceptors (Lipinski definition) is 9. The number of nitrogens with zero attached hydrogens (tertiary/aromatic N) is 1. The minimum atomic E-state index is -1.29. The fourth-order valence-electron chi connectivity index (χ4n) is 7.16. The molecule has 2 aromatic carbocycles. The highest BCUT2D eigenvalue weighted by Gasteiger charge is 2.44. The Morgan fingerprint density at radius 2 is 1.65 bits per heavy atom. The van der Waals surface area contributed by atoms with E-state index in [1.54, 1.807) is 32.0 Å². The van der Waals surface area contributed by atoms with E-state index in [-0.39, 0.29) is 37.6 Å². The van der Waals surface area contributed by atoms with Crippen LogP contribution < -0.4 is 31.7 Å². The number of likely N-dealkylation sites (tertiary alicyclic amines) is 1. The average Bonchev–Trinajstić information content (AvgIpc) is 3.56. The zero-order chi connectivity index (χ0) is 39.4. The Labute approximate surface area is 315 Å². The van der Waals surface area contributed by atoms with Crippen LogP contribution in [0.25, 0.3) is 0 Å². The summed E-state index contributed by atoms with van der Waals surface area (Å²) in [6.45, 7) is 2.72. The number of methoxy groups -OCH3 is 1. The predicted octanol–water partition coefficient (Wildman–Crippen LogP) is 0.886. The van der Waals surface area contributed by atoms with Crippen LogP contribution in [0.2, 0.25) is 0 Å². The number of ether oxygens (including phenoxy) is 1. The molecule has 0 aromatic heterocycles.